The molecule has 1 aromatic heterocycles. The van der Waals surface area contributed by atoms with E-state index in [9.17, 15) is 4.79 Å². The van der Waals surface area contributed by atoms with E-state index in [2.05, 4.69) is 27.8 Å². The summed E-state index contributed by atoms with van der Waals surface area (Å²) in [6, 6.07) is 15.9. The monoisotopic (exact) mass is 351 g/mol. The Bertz CT molecular complexity index is 833. The van der Waals surface area contributed by atoms with Crippen molar-refractivity contribution in [2.75, 3.05) is 18.4 Å². The fraction of sp³-hybridized carbons (Fsp3) is 0.300. The van der Waals surface area contributed by atoms with Gasteiger partial charge in [-0.15, -0.1) is 0 Å². The zero-order chi connectivity index (χ0) is 17.1. The largest absolute Gasteiger partial charge is 0.317 e. The Hall–Kier alpha value is -2.24. The van der Waals surface area contributed by atoms with Crippen molar-refractivity contribution in [1.82, 2.24) is 10.3 Å². The van der Waals surface area contributed by atoms with Crippen LogP contribution in [0.2, 0.25) is 0 Å². The number of aromatic nitrogens is 1. The molecule has 1 amide bonds. The number of carbonyl (C=O) groups excluding carboxylic acids is 1. The second-order valence-corrected chi connectivity index (χ2v) is 7.57. The van der Waals surface area contributed by atoms with Crippen LogP contribution < -0.4 is 10.6 Å². The zero-order valence-electron chi connectivity index (χ0n) is 14.0. The molecule has 1 aliphatic heterocycles. The van der Waals surface area contributed by atoms with Gasteiger partial charge < -0.3 is 5.32 Å². The van der Waals surface area contributed by atoms with Gasteiger partial charge in [0, 0.05) is 5.56 Å². The van der Waals surface area contributed by atoms with Crippen molar-refractivity contribution in [1.29, 1.82) is 0 Å². The van der Waals surface area contributed by atoms with Gasteiger partial charge in [0.15, 0.2) is 5.13 Å². The van der Waals surface area contributed by atoms with Crippen molar-refractivity contribution < 1.29 is 4.79 Å². The van der Waals surface area contributed by atoms with Gasteiger partial charge in [-0.3, -0.25) is 10.1 Å². The lowest BCUT2D eigenvalue weighted by Gasteiger charge is -2.22. The molecule has 128 valence electrons. The first-order valence-corrected chi connectivity index (χ1v) is 9.56. The number of hydrogen-bond donors (Lipinski definition) is 2. The Morgan fingerprint density at radius 3 is 2.64 bits per heavy atom. The molecule has 4 rings (SSSR count). The molecular formula is C20H21N3OS. The number of fused-ring (bicyclic) bond motifs is 1. The summed E-state index contributed by atoms with van der Waals surface area (Å²) in [6.45, 7) is 2.24. The number of carbonyl (C=O) groups is 1. The highest BCUT2D eigenvalue weighted by molar-refractivity contribution is 7.22. The first-order valence-electron chi connectivity index (χ1n) is 8.74. The quantitative estimate of drug-likeness (QED) is 0.744. The van der Waals surface area contributed by atoms with Gasteiger partial charge in [0.25, 0.3) is 5.91 Å². The summed E-state index contributed by atoms with van der Waals surface area (Å²) in [4.78, 5) is 16.9. The minimum Gasteiger partial charge on any atom is -0.317 e. The van der Waals surface area contributed by atoms with Crippen molar-refractivity contribution in [2.45, 2.75) is 19.3 Å². The van der Waals surface area contributed by atoms with E-state index in [-0.39, 0.29) is 5.91 Å². The highest BCUT2D eigenvalue weighted by Crippen LogP contribution is 2.26. The molecule has 4 nitrogen and oxygen atoms in total. The van der Waals surface area contributed by atoms with Crippen molar-refractivity contribution in [2.24, 2.45) is 5.92 Å². The minimum absolute atomic E-state index is 0.104. The molecule has 2 heterocycles. The summed E-state index contributed by atoms with van der Waals surface area (Å²) in [5, 5.41) is 6.95. The molecule has 1 fully saturated rings. The number of anilines is 1. The summed E-state index contributed by atoms with van der Waals surface area (Å²) in [7, 11) is 0. The number of rotatable bonds is 4. The van der Waals surface area contributed by atoms with Gasteiger partial charge in [-0.25, -0.2) is 4.98 Å². The first kappa shape index (κ1) is 16.2. The van der Waals surface area contributed by atoms with Crippen LogP contribution >= 0.6 is 11.3 Å². The van der Waals surface area contributed by atoms with E-state index in [4.69, 9.17) is 0 Å². The third-order valence-corrected chi connectivity index (χ3v) is 5.67. The lowest BCUT2D eigenvalue weighted by atomic mass is 9.91. The molecule has 0 unspecified atom stereocenters. The number of thiazole rings is 1. The van der Waals surface area contributed by atoms with E-state index in [0.29, 0.717) is 10.7 Å². The molecule has 1 saturated heterocycles. The van der Waals surface area contributed by atoms with Crippen molar-refractivity contribution in [3.63, 3.8) is 0 Å². The van der Waals surface area contributed by atoms with Gasteiger partial charge in [-0.05, 0) is 68.1 Å². The van der Waals surface area contributed by atoms with Crippen LogP contribution in [0.5, 0.6) is 0 Å². The fourth-order valence-electron chi connectivity index (χ4n) is 3.31. The fourth-order valence-corrected chi connectivity index (χ4v) is 4.17. The minimum atomic E-state index is -0.104. The number of para-hydroxylation sites is 1. The van der Waals surface area contributed by atoms with Gasteiger partial charge in [-0.2, -0.15) is 0 Å². The maximum atomic E-state index is 12.4. The van der Waals surface area contributed by atoms with Crippen molar-refractivity contribution >= 4 is 32.6 Å². The number of nitrogens with zero attached hydrogens (tertiary/aromatic N) is 1. The molecule has 0 radical (unpaired) electrons. The van der Waals surface area contributed by atoms with E-state index in [1.807, 2.05) is 36.4 Å². The smallest absolute Gasteiger partial charge is 0.257 e. The molecule has 0 atom stereocenters. The van der Waals surface area contributed by atoms with Crippen LogP contribution in [0.1, 0.15) is 28.8 Å². The third-order valence-electron chi connectivity index (χ3n) is 4.71. The lowest BCUT2D eigenvalue weighted by molar-refractivity contribution is 0.102. The number of amides is 1. The molecular weight excluding hydrogens is 330 g/mol. The standard InChI is InChI=1S/C20H21N3OS/c24-19(23-20-22-17-3-1-2-4-18(17)25-20)16-7-5-14(6-8-16)13-15-9-11-21-12-10-15/h1-8,15,21H,9-13H2,(H,22,23,24). The Kier molecular flexibility index (Phi) is 4.76. The van der Waals surface area contributed by atoms with Gasteiger partial charge in [0.1, 0.15) is 0 Å². The summed E-state index contributed by atoms with van der Waals surface area (Å²) in [5.41, 5.74) is 2.90. The second-order valence-electron chi connectivity index (χ2n) is 6.54. The van der Waals surface area contributed by atoms with Crippen LogP contribution in [0.4, 0.5) is 5.13 Å². The second kappa shape index (κ2) is 7.33. The predicted molar refractivity (Wildman–Crippen MR) is 103 cm³/mol. The van der Waals surface area contributed by atoms with Gasteiger partial charge >= 0.3 is 0 Å². The predicted octanol–water partition coefficient (Wildman–Crippen LogP) is 4.09. The maximum Gasteiger partial charge on any atom is 0.257 e. The van der Waals surface area contributed by atoms with Gasteiger partial charge in [0.2, 0.25) is 0 Å². The Balaban J connectivity index is 1.41. The van der Waals surface area contributed by atoms with Crippen LogP contribution in [0.3, 0.4) is 0 Å². The Morgan fingerprint density at radius 2 is 1.88 bits per heavy atom. The molecule has 1 aliphatic rings. The summed E-state index contributed by atoms with van der Waals surface area (Å²) >= 11 is 1.50. The third kappa shape index (κ3) is 3.89. The molecule has 0 saturated carbocycles. The van der Waals surface area contributed by atoms with E-state index in [1.54, 1.807) is 0 Å². The number of piperidine rings is 1. The molecule has 0 aliphatic carbocycles. The molecule has 5 heteroatoms. The van der Waals surface area contributed by atoms with Gasteiger partial charge in [-0.1, -0.05) is 35.6 Å². The van der Waals surface area contributed by atoms with Crippen LogP contribution in [0, 0.1) is 5.92 Å². The number of hydrogen-bond acceptors (Lipinski definition) is 4. The molecule has 2 N–H and O–H groups in total. The van der Waals surface area contributed by atoms with E-state index in [0.717, 1.165) is 35.6 Å². The van der Waals surface area contributed by atoms with Crippen molar-refractivity contribution in [3.8, 4) is 0 Å². The topological polar surface area (TPSA) is 54.0 Å². The number of nitrogens with one attached hydrogen (secondary N) is 2. The molecule has 0 bridgehead atoms. The Morgan fingerprint density at radius 1 is 1.12 bits per heavy atom. The van der Waals surface area contributed by atoms with Crippen LogP contribution in [-0.2, 0) is 6.42 Å². The Labute approximate surface area is 151 Å². The first-order chi connectivity index (χ1) is 12.3. The van der Waals surface area contributed by atoms with Crippen LogP contribution in [0.15, 0.2) is 48.5 Å². The summed E-state index contributed by atoms with van der Waals surface area (Å²) in [5.74, 6) is 0.649. The van der Waals surface area contributed by atoms with Crippen LogP contribution in [0.25, 0.3) is 10.2 Å². The normalized spacial score (nSPS) is 15.4. The molecule has 2 aromatic carbocycles. The molecule has 0 spiro atoms. The summed E-state index contributed by atoms with van der Waals surface area (Å²) < 4.78 is 1.08. The maximum absolute atomic E-state index is 12.4. The zero-order valence-corrected chi connectivity index (χ0v) is 14.8. The van der Waals surface area contributed by atoms with E-state index < -0.39 is 0 Å². The SMILES string of the molecule is O=C(Nc1nc2ccccc2s1)c1ccc(CC2CCNCC2)cc1. The molecule has 3 aromatic rings. The highest BCUT2D eigenvalue weighted by Gasteiger charge is 2.14. The highest BCUT2D eigenvalue weighted by atomic mass is 32.1. The lowest BCUT2D eigenvalue weighted by Crippen LogP contribution is -2.28. The van der Waals surface area contributed by atoms with Crippen molar-refractivity contribution in [3.05, 3.63) is 59.7 Å². The average Bonchev–Trinajstić information content (AvgIpc) is 3.05. The average molecular weight is 351 g/mol. The van der Waals surface area contributed by atoms with E-state index >= 15 is 0 Å². The summed E-state index contributed by atoms with van der Waals surface area (Å²) in [6.07, 6.45) is 3.57. The van der Waals surface area contributed by atoms with E-state index in [1.165, 1.54) is 29.7 Å². The van der Waals surface area contributed by atoms with Crippen LogP contribution in [-0.4, -0.2) is 24.0 Å². The van der Waals surface area contributed by atoms with Gasteiger partial charge in [0.05, 0.1) is 10.2 Å². The molecule has 25 heavy (non-hydrogen) atoms. The number of benzene rings is 2.